The fourth-order valence-electron chi connectivity index (χ4n) is 2.42. The number of benzene rings is 2. The number of non-ortho nitro benzene ring substituents is 1. The second-order valence-corrected chi connectivity index (χ2v) is 6.70. The third kappa shape index (κ3) is 3.03. The number of nitrogens with zero attached hydrogens (tertiary/aromatic N) is 3. The van der Waals surface area contributed by atoms with Crippen LogP contribution in [0.5, 0.6) is 0 Å². The first kappa shape index (κ1) is 16.2. The minimum Gasteiger partial charge on any atom is -0.290 e. The van der Waals surface area contributed by atoms with Crippen LogP contribution in [0.1, 0.15) is 17.7 Å². The lowest BCUT2D eigenvalue weighted by Crippen LogP contribution is -2.20. The first-order chi connectivity index (χ1) is 11.5. The van der Waals surface area contributed by atoms with E-state index in [0.717, 1.165) is 5.56 Å². The van der Waals surface area contributed by atoms with Crippen molar-refractivity contribution in [2.45, 2.75) is 17.3 Å². The number of thioether (sulfide) groups is 1. The van der Waals surface area contributed by atoms with Gasteiger partial charge < -0.3 is 0 Å². The molecule has 6 nitrogen and oxygen atoms in total. The van der Waals surface area contributed by atoms with Gasteiger partial charge in [0.2, 0.25) is 0 Å². The van der Waals surface area contributed by atoms with Crippen molar-refractivity contribution in [1.82, 2.24) is 9.55 Å². The lowest BCUT2D eigenvalue weighted by molar-refractivity contribution is -0.384. The van der Waals surface area contributed by atoms with Crippen molar-refractivity contribution >= 4 is 28.4 Å². The third-order valence-corrected chi connectivity index (χ3v) is 4.98. The van der Waals surface area contributed by atoms with E-state index >= 15 is 0 Å². The van der Waals surface area contributed by atoms with Crippen molar-refractivity contribution in [3.8, 4) is 0 Å². The summed E-state index contributed by atoms with van der Waals surface area (Å²) in [6.45, 7) is 1.94. The lowest BCUT2D eigenvalue weighted by Gasteiger charge is -2.14. The number of hydrogen-bond donors (Lipinski definition) is 0. The maximum absolute atomic E-state index is 12.4. The van der Waals surface area contributed by atoms with Crippen LogP contribution in [0.2, 0.25) is 0 Å². The molecular weight excluding hydrogens is 326 g/mol. The van der Waals surface area contributed by atoms with Crippen LogP contribution < -0.4 is 5.56 Å². The Bertz CT molecular complexity index is 984. The third-order valence-electron chi connectivity index (χ3n) is 3.77. The number of rotatable bonds is 4. The minimum absolute atomic E-state index is 0.0558. The Morgan fingerprint density at radius 1 is 1.21 bits per heavy atom. The predicted octanol–water partition coefficient (Wildman–Crippen LogP) is 3.70. The van der Waals surface area contributed by atoms with Crippen molar-refractivity contribution < 1.29 is 4.92 Å². The maximum Gasteiger partial charge on any atom is 0.269 e. The Balaban J connectivity index is 1.97. The van der Waals surface area contributed by atoms with Gasteiger partial charge in [-0.2, -0.15) is 0 Å². The minimum atomic E-state index is -0.412. The van der Waals surface area contributed by atoms with Gasteiger partial charge in [-0.3, -0.25) is 19.5 Å². The molecule has 0 aliphatic heterocycles. The largest absolute Gasteiger partial charge is 0.290 e. The van der Waals surface area contributed by atoms with E-state index in [1.165, 1.54) is 22.4 Å². The van der Waals surface area contributed by atoms with E-state index in [1.807, 2.05) is 25.1 Å². The van der Waals surface area contributed by atoms with Crippen molar-refractivity contribution in [3.63, 3.8) is 0 Å². The summed E-state index contributed by atoms with van der Waals surface area (Å²) in [4.78, 5) is 27.5. The molecule has 1 unspecified atom stereocenters. The van der Waals surface area contributed by atoms with E-state index < -0.39 is 4.92 Å². The van der Waals surface area contributed by atoms with Gasteiger partial charge in [-0.1, -0.05) is 36.0 Å². The highest BCUT2D eigenvalue weighted by Gasteiger charge is 2.15. The standard InChI is InChI=1S/C17H15N3O3S/c1-11(12-6-5-7-13(10-12)20(22)23)24-17-18-15-9-4-3-8-14(15)16(21)19(17)2/h3-11H,1-2H3. The average Bonchev–Trinajstić information content (AvgIpc) is 2.59. The van der Waals surface area contributed by atoms with Crippen molar-refractivity contribution in [2.75, 3.05) is 0 Å². The van der Waals surface area contributed by atoms with Crippen LogP contribution in [0.25, 0.3) is 10.9 Å². The molecule has 1 heterocycles. The Morgan fingerprint density at radius 3 is 2.71 bits per heavy atom. The molecule has 0 saturated carbocycles. The molecular formula is C17H15N3O3S. The van der Waals surface area contributed by atoms with Crippen LogP contribution in [0.3, 0.4) is 0 Å². The molecule has 3 aromatic rings. The normalized spacial score (nSPS) is 12.2. The van der Waals surface area contributed by atoms with E-state index in [2.05, 4.69) is 4.98 Å². The topological polar surface area (TPSA) is 78.0 Å². The first-order valence-corrected chi connectivity index (χ1v) is 8.22. The second-order valence-electron chi connectivity index (χ2n) is 5.39. The molecule has 0 bridgehead atoms. The lowest BCUT2D eigenvalue weighted by atomic mass is 10.1. The fourth-order valence-corrected chi connectivity index (χ4v) is 3.41. The molecule has 1 atom stereocenters. The van der Waals surface area contributed by atoms with Gasteiger partial charge in [-0.15, -0.1) is 0 Å². The van der Waals surface area contributed by atoms with Gasteiger partial charge in [-0.25, -0.2) is 4.98 Å². The van der Waals surface area contributed by atoms with Crippen LogP contribution >= 0.6 is 11.8 Å². The molecule has 0 amide bonds. The van der Waals surface area contributed by atoms with Gasteiger partial charge in [0.1, 0.15) is 0 Å². The summed E-state index contributed by atoms with van der Waals surface area (Å²) >= 11 is 1.40. The zero-order valence-corrected chi connectivity index (χ0v) is 14.0. The van der Waals surface area contributed by atoms with Crippen LogP contribution in [-0.4, -0.2) is 14.5 Å². The van der Waals surface area contributed by atoms with Gasteiger partial charge in [0.25, 0.3) is 11.2 Å². The van der Waals surface area contributed by atoms with Gasteiger partial charge in [0, 0.05) is 24.4 Å². The Hall–Kier alpha value is -2.67. The Kier molecular flexibility index (Phi) is 4.35. The molecule has 0 N–H and O–H groups in total. The first-order valence-electron chi connectivity index (χ1n) is 7.34. The molecule has 0 spiro atoms. The van der Waals surface area contributed by atoms with Gasteiger partial charge in [0.05, 0.1) is 15.8 Å². The molecule has 0 fully saturated rings. The molecule has 2 aromatic carbocycles. The highest BCUT2D eigenvalue weighted by molar-refractivity contribution is 7.99. The van der Waals surface area contributed by atoms with E-state index in [9.17, 15) is 14.9 Å². The number of hydrogen-bond acceptors (Lipinski definition) is 5. The van der Waals surface area contributed by atoms with E-state index in [0.29, 0.717) is 16.1 Å². The molecule has 7 heteroatoms. The van der Waals surface area contributed by atoms with Crippen LogP contribution in [0, 0.1) is 10.1 Å². The van der Waals surface area contributed by atoms with Gasteiger partial charge in [0.15, 0.2) is 5.16 Å². The smallest absolute Gasteiger partial charge is 0.269 e. The number of fused-ring (bicyclic) bond motifs is 1. The van der Waals surface area contributed by atoms with Gasteiger partial charge >= 0.3 is 0 Å². The molecule has 122 valence electrons. The van der Waals surface area contributed by atoms with E-state index in [-0.39, 0.29) is 16.5 Å². The monoisotopic (exact) mass is 341 g/mol. The predicted molar refractivity (Wildman–Crippen MR) is 94.4 cm³/mol. The highest BCUT2D eigenvalue weighted by atomic mass is 32.2. The summed E-state index contributed by atoms with van der Waals surface area (Å²) in [7, 11) is 1.68. The van der Waals surface area contributed by atoms with E-state index in [4.69, 9.17) is 0 Å². The fraction of sp³-hybridized carbons (Fsp3) is 0.176. The van der Waals surface area contributed by atoms with Crippen molar-refractivity contribution in [3.05, 3.63) is 74.6 Å². The molecule has 0 radical (unpaired) electrons. The maximum atomic E-state index is 12.4. The number of para-hydroxylation sites is 1. The summed E-state index contributed by atoms with van der Waals surface area (Å²) in [5.41, 5.74) is 1.42. The zero-order valence-electron chi connectivity index (χ0n) is 13.2. The Morgan fingerprint density at radius 2 is 1.96 bits per heavy atom. The summed E-state index contributed by atoms with van der Waals surface area (Å²) in [5, 5.41) is 12.0. The van der Waals surface area contributed by atoms with Gasteiger partial charge in [-0.05, 0) is 24.6 Å². The second kappa shape index (κ2) is 6.45. The number of nitro groups is 1. The van der Waals surface area contributed by atoms with Crippen molar-refractivity contribution in [1.29, 1.82) is 0 Å². The van der Waals surface area contributed by atoms with Crippen LogP contribution in [-0.2, 0) is 7.05 Å². The summed E-state index contributed by atoms with van der Waals surface area (Å²) in [6, 6.07) is 13.7. The van der Waals surface area contributed by atoms with Crippen LogP contribution in [0.4, 0.5) is 5.69 Å². The van der Waals surface area contributed by atoms with Crippen molar-refractivity contribution in [2.24, 2.45) is 7.05 Å². The number of aromatic nitrogens is 2. The van der Waals surface area contributed by atoms with E-state index in [1.54, 1.807) is 31.3 Å². The molecule has 1 aromatic heterocycles. The highest BCUT2D eigenvalue weighted by Crippen LogP contribution is 2.34. The quantitative estimate of drug-likeness (QED) is 0.313. The molecule has 0 aliphatic carbocycles. The number of nitro benzene ring substituents is 1. The van der Waals surface area contributed by atoms with Crippen LogP contribution in [0.15, 0.2) is 58.5 Å². The molecule has 0 aliphatic rings. The summed E-state index contributed by atoms with van der Waals surface area (Å²) < 4.78 is 1.51. The molecule has 0 saturated heterocycles. The average molecular weight is 341 g/mol. The SMILES string of the molecule is CC(Sc1nc2ccccc2c(=O)n1C)c1cccc([N+](=O)[O-])c1. The summed E-state index contributed by atoms with van der Waals surface area (Å²) in [6.07, 6.45) is 0. The summed E-state index contributed by atoms with van der Waals surface area (Å²) in [5.74, 6) is 0. The molecule has 3 rings (SSSR count). The zero-order chi connectivity index (χ0) is 17.3. The Labute approximate surface area is 142 Å². The molecule has 24 heavy (non-hydrogen) atoms.